The summed E-state index contributed by atoms with van der Waals surface area (Å²) in [5, 5.41) is -0.380. The number of rotatable bonds is 10. The smallest absolute Gasteiger partial charge is 0.387 e. The SMILES string of the molecule is CCCCCCCc1ccc(-c2cc(F)c(-c3ccc4c(F)c(OC(F)F)c(F)cc4c3)c(F)c2)c(F)c1. The maximum absolute atomic E-state index is 15.1. The molecule has 0 aliphatic carbocycles. The van der Waals surface area contributed by atoms with Crippen molar-refractivity contribution < 1.29 is 35.5 Å². The minimum Gasteiger partial charge on any atom is -0.429 e. The van der Waals surface area contributed by atoms with E-state index in [9.17, 15) is 22.0 Å². The minimum absolute atomic E-state index is 0.00223. The highest BCUT2D eigenvalue weighted by Gasteiger charge is 2.21. The van der Waals surface area contributed by atoms with Gasteiger partial charge in [-0.15, -0.1) is 0 Å². The van der Waals surface area contributed by atoms with Crippen LogP contribution in [-0.4, -0.2) is 6.61 Å². The molecular weight excluding hydrogens is 509 g/mol. The largest absolute Gasteiger partial charge is 0.429 e. The summed E-state index contributed by atoms with van der Waals surface area (Å²) in [7, 11) is 0. The highest BCUT2D eigenvalue weighted by Crippen LogP contribution is 2.36. The van der Waals surface area contributed by atoms with E-state index in [0.29, 0.717) is 6.42 Å². The number of hydrogen-bond donors (Lipinski definition) is 0. The first-order valence-electron chi connectivity index (χ1n) is 12.3. The number of aryl methyl sites for hydroxylation is 1. The topological polar surface area (TPSA) is 9.23 Å². The zero-order chi connectivity index (χ0) is 27.4. The zero-order valence-corrected chi connectivity index (χ0v) is 20.6. The number of halogens is 7. The molecular formula is C30H25F7O. The van der Waals surface area contributed by atoms with Gasteiger partial charge in [-0.25, -0.2) is 22.0 Å². The number of ether oxygens (including phenoxy) is 1. The van der Waals surface area contributed by atoms with Gasteiger partial charge in [-0.05, 0) is 65.3 Å². The van der Waals surface area contributed by atoms with Crippen LogP contribution in [0.5, 0.6) is 5.75 Å². The van der Waals surface area contributed by atoms with Gasteiger partial charge in [0.25, 0.3) is 0 Å². The predicted octanol–water partition coefficient (Wildman–Crippen LogP) is 9.98. The number of benzene rings is 4. The van der Waals surface area contributed by atoms with Gasteiger partial charge in [-0.3, -0.25) is 0 Å². The molecule has 4 aromatic rings. The van der Waals surface area contributed by atoms with Crippen molar-refractivity contribution in [3.05, 3.63) is 89.2 Å². The van der Waals surface area contributed by atoms with E-state index in [4.69, 9.17) is 0 Å². The third-order valence-electron chi connectivity index (χ3n) is 6.44. The first-order chi connectivity index (χ1) is 18.2. The lowest BCUT2D eigenvalue weighted by molar-refractivity contribution is -0.0544. The van der Waals surface area contributed by atoms with E-state index in [2.05, 4.69) is 11.7 Å². The Labute approximate surface area is 215 Å². The van der Waals surface area contributed by atoms with Gasteiger partial charge < -0.3 is 4.74 Å². The lowest BCUT2D eigenvalue weighted by Crippen LogP contribution is -2.06. The molecule has 38 heavy (non-hydrogen) atoms. The highest BCUT2D eigenvalue weighted by molar-refractivity contribution is 5.89. The van der Waals surface area contributed by atoms with Gasteiger partial charge in [0.05, 0.1) is 5.56 Å². The van der Waals surface area contributed by atoms with Crippen LogP contribution < -0.4 is 4.74 Å². The van der Waals surface area contributed by atoms with Gasteiger partial charge in [0.1, 0.15) is 17.5 Å². The van der Waals surface area contributed by atoms with Crippen LogP contribution in [0.2, 0.25) is 0 Å². The average Bonchev–Trinajstić information content (AvgIpc) is 2.86. The molecule has 200 valence electrons. The predicted molar refractivity (Wildman–Crippen MR) is 134 cm³/mol. The molecule has 0 fully saturated rings. The maximum Gasteiger partial charge on any atom is 0.387 e. The number of hydrogen-bond acceptors (Lipinski definition) is 1. The Hall–Kier alpha value is -3.55. The van der Waals surface area contributed by atoms with Gasteiger partial charge in [0, 0.05) is 10.9 Å². The van der Waals surface area contributed by atoms with Gasteiger partial charge in [0.15, 0.2) is 17.4 Å². The molecule has 0 heterocycles. The second-order valence-electron chi connectivity index (χ2n) is 9.11. The highest BCUT2D eigenvalue weighted by atomic mass is 19.3. The average molecular weight is 535 g/mol. The molecule has 0 saturated heterocycles. The zero-order valence-electron chi connectivity index (χ0n) is 20.6. The number of unbranched alkanes of at least 4 members (excludes halogenated alkanes) is 4. The number of fused-ring (bicyclic) bond motifs is 1. The van der Waals surface area contributed by atoms with Crippen molar-refractivity contribution in [1.82, 2.24) is 0 Å². The normalized spacial score (nSPS) is 11.5. The first-order valence-corrected chi connectivity index (χ1v) is 12.3. The Bertz CT molecular complexity index is 1430. The van der Waals surface area contributed by atoms with E-state index >= 15 is 8.78 Å². The standard InChI is InChI=1S/C30H25F7O/c1-2-3-4-5-6-7-17-8-10-21(23(31)12-17)20-14-24(32)27(25(33)15-20)18-9-11-22-19(13-18)16-26(34)29(28(22)35)38-30(36)37/h8-16,30H,2-7H2,1H3. The third-order valence-corrected chi connectivity index (χ3v) is 6.44. The van der Waals surface area contributed by atoms with Crippen molar-refractivity contribution in [2.24, 2.45) is 0 Å². The van der Waals surface area contributed by atoms with Gasteiger partial charge >= 0.3 is 6.61 Å². The van der Waals surface area contributed by atoms with E-state index in [1.165, 1.54) is 18.2 Å². The van der Waals surface area contributed by atoms with Crippen molar-refractivity contribution in [1.29, 1.82) is 0 Å². The Morgan fingerprint density at radius 2 is 1.39 bits per heavy atom. The molecule has 0 spiro atoms. The summed E-state index contributed by atoms with van der Waals surface area (Å²) in [4.78, 5) is 0. The Balaban J connectivity index is 1.62. The van der Waals surface area contributed by atoms with Crippen molar-refractivity contribution in [2.45, 2.75) is 52.1 Å². The van der Waals surface area contributed by atoms with Crippen molar-refractivity contribution in [2.75, 3.05) is 0 Å². The summed E-state index contributed by atoms with van der Waals surface area (Å²) >= 11 is 0. The van der Waals surface area contributed by atoms with Crippen molar-refractivity contribution in [3.63, 3.8) is 0 Å². The molecule has 0 N–H and O–H groups in total. The second-order valence-corrected chi connectivity index (χ2v) is 9.11. The Morgan fingerprint density at radius 1 is 0.684 bits per heavy atom. The molecule has 4 rings (SSSR count). The fourth-order valence-electron chi connectivity index (χ4n) is 4.55. The lowest BCUT2D eigenvalue weighted by atomic mass is 9.95. The fraction of sp³-hybridized carbons (Fsp3) is 0.267. The molecule has 0 radical (unpaired) electrons. The van der Waals surface area contributed by atoms with E-state index in [-0.39, 0.29) is 27.5 Å². The summed E-state index contributed by atoms with van der Waals surface area (Å²) in [6, 6.07) is 10.7. The van der Waals surface area contributed by atoms with Crippen LogP contribution in [0.4, 0.5) is 30.7 Å². The molecule has 0 amide bonds. The summed E-state index contributed by atoms with van der Waals surface area (Å²) in [5.41, 5.74) is 0.325. The molecule has 0 unspecified atom stereocenters. The van der Waals surface area contributed by atoms with Crippen molar-refractivity contribution >= 4 is 10.8 Å². The van der Waals surface area contributed by atoms with Crippen LogP contribution in [-0.2, 0) is 6.42 Å². The molecule has 4 aromatic carbocycles. The summed E-state index contributed by atoms with van der Waals surface area (Å²) in [6.07, 6.45) is 6.10. The monoisotopic (exact) mass is 534 g/mol. The third kappa shape index (κ3) is 5.95. The molecule has 1 nitrogen and oxygen atoms in total. The van der Waals surface area contributed by atoms with E-state index in [1.54, 1.807) is 6.07 Å². The summed E-state index contributed by atoms with van der Waals surface area (Å²) in [6.45, 7) is -1.31. The quantitative estimate of drug-likeness (QED) is 0.145. The minimum atomic E-state index is -3.44. The van der Waals surface area contributed by atoms with Gasteiger partial charge in [-0.2, -0.15) is 8.78 Å². The Morgan fingerprint density at radius 3 is 2.05 bits per heavy atom. The van der Waals surface area contributed by atoms with E-state index in [0.717, 1.165) is 68.0 Å². The van der Waals surface area contributed by atoms with Gasteiger partial charge in [0.2, 0.25) is 0 Å². The molecule has 0 saturated carbocycles. The fourth-order valence-corrected chi connectivity index (χ4v) is 4.55. The molecule has 0 bridgehead atoms. The molecule has 0 aliphatic heterocycles. The van der Waals surface area contributed by atoms with Crippen LogP contribution in [0.1, 0.15) is 44.6 Å². The van der Waals surface area contributed by atoms with E-state index in [1.807, 2.05) is 0 Å². The van der Waals surface area contributed by atoms with Crippen LogP contribution in [0.15, 0.2) is 54.6 Å². The lowest BCUT2D eigenvalue weighted by Gasteiger charge is -2.13. The first kappa shape index (κ1) is 27.5. The molecule has 0 aliphatic rings. The molecule has 8 heteroatoms. The second kappa shape index (κ2) is 11.9. The van der Waals surface area contributed by atoms with Crippen LogP contribution >= 0.6 is 0 Å². The van der Waals surface area contributed by atoms with Crippen molar-refractivity contribution in [3.8, 4) is 28.0 Å². The Kier molecular flexibility index (Phi) is 8.59. The van der Waals surface area contributed by atoms with E-state index < -0.39 is 47.0 Å². The molecule has 0 aromatic heterocycles. The molecule has 0 atom stereocenters. The van der Waals surface area contributed by atoms with Crippen LogP contribution in [0.3, 0.4) is 0 Å². The summed E-state index contributed by atoms with van der Waals surface area (Å²) < 4.78 is 103. The maximum atomic E-state index is 15.1. The van der Waals surface area contributed by atoms with Crippen LogP contribution in [0, 0.1) is 29.1 Å². The van der Waals surface area contributed by atoms with Gasteiger partial charge in [-0.1, -0.05) is 56.9 Å². The summed E-state index contributed by atoms with van der Waals surface area (Å²) in [5.74, 6) is -6.59. The number of alkyl halides is 2. The van der Waals surface area contributed by atoms with Crippen LogP contribution in [0.25, 0.3) is 33.0 Å².